The molecule has 1 aromatic carbocycles. The highest BCUT2D eigenvalue weighted by atomic mass is 16.1. The predicted molar refractivity (Wildman–Crippen MR) is 79.1 cm³/mol. The first-order chi connectivity index (χ1) is 9.29. The molecule has 1 aromatic rings. The molecular weight excluding hydrogens is 234 g/mol. The average molecular weight is 259 g/mol. The van der Waals surface area contributed by atoms with Crippen molar-refractivity contribution in [3.63, 3.8) is 0 Å². The van der Waals surface area contributed by atoms with Gasteiger partial charge in [0.1, 0.15) is 0 Å². The van der Waals surface area contributed by atoms with Crippen LogP contribution in [-0.2, 0) is 4.79 Å². The van der Waals surface area contributed by atoms with Crippen LogP contribution in [0, 0.1) is 5.92 Å². The SMILES string of the molecule is CC[C@@H](CNC(=O)CC1CCCC1)c1ccccc1. The molecule has 1 fully saturated rings. The maximum Gasteiger partial charge on any atom is 0.220 e. The number of hydrogen-bond donors (Lipinski definition) is 1. The highest BCUT2D eigenvalue weighted by Gasteiger charge is 2.19. The molecule has 104 valence electrons. The Morgan fingerprint density at radius 2 is 1.95 bits per heavy atom. The van der Waals surface area contributed by atoms with Gasteiger partial charge in [0.25, 0.3) is 0 Å². The fourth-order valence-corrected chi connectivity index (χ4v) is 3.01. The van der Waals surface area contributed by atoms with Crippen molar-refractivity contribution in [3.8, 4) is 0 Å². The molecule has 1 saturated carbocycles. The number of rotatable bonds is 6. The molecule has 0 bridgehead atoms. The number of hydrogen-bond acceptors (Lipinski definition) is 1. The molecule has 19 heavy (non-hydrogen) atoms. The zero-order chi connectivity index (χ0) is 13.5. The monoisotopic (exact) mass is 259 g/mol. The Bertz CT molecular complexity index is 382. The van der Waals surface area contributed by atoms with Crippen molar-refractivity contribution < 1.29 is 4.79 Å². The van der Waals surface area contributed by atoms with Crippen molar-refractivity contribution in [1.82, 2.24) is 5.32 Å². The highest BCUT2D eigenvalue weighted by Crippen LogP contribution is 2.27. The average Bonchev–Trinajstić information content (AvgIpc) is 2.93. The molecule has 0 spiro atoms. The van der Waals surface area contributed by atoms with E-state index in [0.29, 0.717) is 11.8 Å². The van der Waals surface area contributed by atoms with Gasteiger partial charge in [-0.2, -0.15) is 0 Å². The van der Waals surface area contributed by atoms with Gasteiger partial charge in [-0.1, -0.05) is 50.1 Å². The van der Waals surface area contributed by atoms with Gasteiger partial charge in [-0.25, -0.2) is 0 Å². The Balaban J connectivity index is 1.78. The molecule has 0 saturated heterocycles. The fraction of sp³-hybridized carbons (Fsp3) is 0.588. The normalized spacial score (nSPS) is 17.3. The summed E-state index contributed by atoms with van der Waals surface area (Å²) < 4.78 is 0. The Morgan fingerprint density at radius 3 is 2.58 bits per heavy atom. The maximum atomic E-state index is 11.9. The lowest BCUT2D eigenvalue weighted by atomic mass is 9.96. The molecule has 2 nitrogen and oxygen atoms in total. The second kappa shape index (κ2) is 7.32. The van der Waals surface area contributed by atoms with Gasteiger partial charge in [-0.05, 0) is 30.7 Å². The van der Waals surface area contributed by atoms with E-state index in [9.17, 15) is 4.79 Å². The lowest BCUT2D eigenvalue weighted by molar-refractivity contribution is -0.122. The van der Waals surface area contributed by atoms with E-state index in [2.05, 4.69) is 36.5 Å². The van der Waals surface area contributed by atoms with Gasteiger partial charge < -0.3 is 5.32 Å². The number of benzene rings is 1. The van der Waals surface area contributed by atoms with Crippen molar-refractivity contribution in [2.75, 3.05) is 6.54 Å². The largest absolute Gasteiger partial charge is 0.355 e. The first-order valence-electron chi connectivity index (χ1n) is 7.61. The first kappa shape index (κ1) is 14.1. The third-order valence-corrected chi connectivity index (χ3v) is 4.26. The number of carbonyl (C=O) groups is 1. The zero-order valence-corrected chi connectivity index (χ0v) is 11.9. The molecule has 1 aliphatic rings. The van der Waals surface area contributed by atoms with E-state index in [-0.39, 0.29) is 5.91 Å². The van der Waals surface area contributed by atoms with Crippen LogP contribution in [0.3, 0.4) is 0 Å². The molecule has 1 atom stereocenters. The summed E-state index contributed by atoms with van der Waals surface area (Å²) in [7, 11) is 0. The van der Waals surface area contributed by atoms with Gasteiger partial charge in [-0.3, -0.25) is 4.79 Å². The van der Waals surface area contributed by atoms with Crippen LogP contribution >= 0.6 is 0 Å². The second-order valence-corrected chi connectivity index (χ2v) is 5.67. The lowest BCUT2D eigenvalue weighted by Crippen LogP contribution is -2.29. The Kier molecular flexibility index (Phi) is 5.44. The standard InChI is InChI=1S/C17H25NO/c1-2-15(16-10-4-3-5-11-16)13-18-17(19)12-14-8-6-7-9-14/h3-5,10-11,14-15H,2,6-9,12-13H2,1H3,(H,18,19)/t15-/m0/s1. The molecule has 0 unspecified atom stereocenters. The summed E-state index contributed by atoms with van der Waals surface area (Å²) in [5.74, 6) is 1.31. The zero-order valence-electron chi connectivity index (χ0n) is 11.9. The molecule has 0 aliphatic heterocycles. The Labute approximate surface area is 116 Å². The summed E-state index contributed by atoms with van der Waals surface area (Å²) in [6.45, 7) is 2.95. The topological polar surface area (TPSA) is 29.1 Å². The van der Waals surface area contributed by atoms with Crippen molar-refractivity contribution in [3.05, 3.63) is 35.9 Å². The van der Waals surface area contributed by atoms with E-state index in [4.69, 9.17) is 0 Å². The summed E-state index contributed by atoms with van der Waals surface area (Å²) in [5, 5.41) is 3.12. The molecule has 1 aliphatic carbocycles. The highest BCUT2D eigenvalue weighted by molar-refractivity contribution is 5.76. The summed E-state index contributed by atoms with van der Waals surface area (Å²) in [6, 6.07) is 10.5. The molecule has 1 N–H and O–H groups in total. The summed E-state index contributed by atoms with van der Waals surface area (Å²) in [4.78, 5) is 11.9. The summed E-state index contributed by atoms with van der Waals surface area (Å²) in [6.07, 6.45) is 6.88. The Morgan fingerprint density at radius 1 is 1.26 bits per heavy atom. The van der Waals surface area contributed by atoms with Gasteiger partial charge in [0.15, 0.2) is 0 Å². The van der Waals surface area contributed by atoms with Crippen molar-refractivity contribution >= 4 is 5.91 Å². The van der Waals surface area contributed by atoms with Crippen LogP contribution in [-0.4, -0.2) is 12.5 Å². The quantitative estimate of drug-likeness (QED) is 0.825. The van der Waals surface area contributed by atoms with Crippen LogP contribution in [0.1, 0.15) is 56.9 Å². The molecule has 2 rings (SSSR count). The van der Waals surface area contributed by atoms with E-state index < -0.39 is 0 Å². The van der Waals surface area contributed by atoms with E-state index >= 15 is 0 Å². The Hall–Kier alpha value is -1.31. The molecule has 0 aromatic heterocycles. The molecule has 0 heterocycles. The van der Waals surface area contributed by atoms with Crippen molar-refractivity contribution in [2.45, 2.75) is 51.4 Å². The van der Waals surface area contributed by atoms with E-state index in [1.54, 1.807) is 0 Å². The van der Waals surface area contributed by atoms with E-state index in [0.717, 1.165) is 19.4 Å². The third-order valence-electron chi connectivity index (χ3n) is 4.26. The van der Waals surface area contributed by atoms with E-state index in [1.165, 1.54) is 31.2 Å². The second-order valence-electron chi connectivity index (χ2n) is 5.67. The van der Waals surface area contributed by atoms with Gasteiger partial charge in [0, 0.05) is 18.9 Å². The van der Waals surface area contributed by atoms with Gasteiger partial charge in [0.2, 0.25) is 5.91 Å². The summed E-state index contributed by atoms with van der Waals surface area (Å²) >= 11 is 0. The fourth-order valence-electron chi connectivity index (χ4n) is 3.01. The van der Waals surface area contributed by atoms with Crippen molar-refractivity contribution in [1.29, 1.82) is 0 Å². The minimum atomic E-state index is 0.237. The number of amides is 1. The predicted octanol–water partition coefficient (Wildman–Crippen LogP) is 3.88. The first-order valence-corrected chi connectivity index (χ1v) is 7.61. The van der Waals surface area contributed by atoms with Gasteiger partial charge in [-0.15, -0.1) is 0 Å². The molecule has 1 amide bonds. The minimum Gasteiger partial charge on any atom is -0.355 e. The molecule has 0 radical (unpaired) electrons. The van der Waals surface area contributed by atoms with Crippen LogP contribution in [0.15, 0.2) is 30.3 Å². The van der Waals surface area contributed by atoms with Gasteiger partial charge >= 0.3 is 0 Å². The molecular formula is C17H25NO. The number of nitrogens with one attached hydrogen (secondary N) is 1. The van der Waals surface area contributed by atoms with E-state index in [1.807, 2.05) is 6.07 Å². The minimum absolute atomic E-state index is 0.237. The summed E-state index contributed by atoms with van der Waals surface area (Å²) in [5.41, 5.74) is 1.33. The van der Waals surface area contributed by atoms with Crippen LogP contribution in [0.5, 0.6) is 0 Å². The molecule has 2 heteroatoms. The van der Waals surface area contributed by atoms with Crippen molar-refractivity contribution in [2.24, 2.45) is 5.92 Å². The smallest absolute Gasteiger partial charge is 0.220 e. The van der Waals surface area contributed by atoms with Gasteiger partial charge in [0.05, 0.1) is 0 Å². The van der Waals surface area contributed by atoms with Crippen LogP contribution < -0.4 is 5.32 Å². The maximum absolute atomic E-state index is 11.9. The number of carbonyl (C=O) groups excluding carboxylic acids is 1. The lowest BCUT2D eigenvalue weighted by Gasteiger charge is -2.17. The van der Waals surface area contributed by atoms with Crippen LogP contribution in [0.2, 0.25) is 0 Å². The third kappa shape index (κ3) is 4.38. The van der Waals surface area contributed by atoms with Crippen LogP contribution in [0.25, 0.3) is 0 Å². The van der Waals surface area contributed by atoms with Crippen LogP contribution in [0.4, 0.5) is 0 Å².